The van der Waals surface area contributed by atoms with E-state index in [0.717, 1.165) is 0 Å². The van der Waals surface area contributed by atoms with Crippen molar-refractivity contribution in [2.24, 2.45) is 0 Å². The summed E-state index contributed by atoms with van der Waals surface area (Å²) in [5, 5.41) is 0. The van der Waals surface area contributed by atoms with Crippen LogP contribution in [0.4, 0.5) is 4.39 Å². The molecule has 0 saturated heterocycles. The van der Waals surface area contributed by atoms with Crippen LogP contribution >= 0.6 is 15.9 Å². The Bertz CT molecular complexity index is 426. The van der Waals surface area contributed by atoms with Gasteiger partial charge in [0, 0.05) is 5.56 Å². The number of rotatable bonds is 4. The minimum absolute atomic E-state index is 0.342. The molecule has 0 bridgehead atoms. The van der Waals surface area contributed by atoms with Crippen LogP contribution < -0.4 is 0 Å². The number of carbonyl (C=O) groups excluding carboxylic acids is 2. The van der Waals surface area contributed by atoms with Crippen LogP contribution in [0, 0.1) is 0 Å². The van der Waals surface area contributed by atoms with Crippen LogP contribution in [0.25, 0.3) is 0 Å². The zero-order valence-electron chi connectivity index (χ0n) is 9.50. The summed E-state index contributed by atoms with van der Waals surface area (Å²) in [7, 11) is 1.28. The Kier molecular flexibility index (Phi) is 4.40. The second kappa shape index (κ2) is 5.40. The highest BCUT2D eigenvalue weighted by molar-refractivity contribution is 9.10. The topological polar surface area (TPSA) is 43.4 Å². The molecule has 0 aliphatic heterocycles. The van der Waals surface area contributed by atoms with Crippen LogP contribution in [-0.2, 0) is 4.74 Å². The van der Waals surface area contributed by atoms with Gasteiger partial charge in [0.05, 0.1) is 12.7 Å². The molecule has 1 atom stereocenters. The highest BCUT2D eigenvalue weighted by atomic mass is 79.9. The number of ketones is 1. The number of Topliss-reactive ketones (excluding diaryl/α,β-unsaturated/α-hetero) is 1. The van der Waals surface area contributed by atoms with Crippen molar-refractivity contribution in [3.05, 3.63) is 35.4 Å². The summed E-state index contributed by atoms with van der Waals surface area (Å²) >= 11 is 3.03. The standard InChI is InChI=1S/C12H12BrFO3/c1-12(13,7-14)10(15)8-3-5-9(6-4-8)11(16)17-2/h3-6H,7H2,1-2H3. The lowest BCUT2D eigenvalue weighted by atomic mass is 9.99. The summed E-state index contributed by atoms with van der Waals surface area (Å²) in [6, 6.07) is 5.90. The van der Waals surface area contributed by atoms with Gasteiger partial charge in [-0.3, -0.25) is 4.79 Å². The molecule has 0 amide bonds. The third-order valence-corrected chi connectivity index (χ3v) is 2.86. The lowest BCUT2D eigenvalue weighted by Gasteiger charge is -2.16. The maximum absolute atomic E-state index is 12.6. The third-order valence-electron chi connectivity index (χ3n) is 2.29. The lowest BCUT2D eigenvalue weighted by Crippen LogP contribution is -2.30. The molecule has 17 heavy (non-hydrogen) atoms. The van der Waals surface area contributed by atoms with Crippen molar-refractivity contribution >= 4 is 27.7 Å². The van der Waals surface area contributed by atoms with Gasteiger partial charge in [0.15, 0.2) is 5.78 Å². The van der Waals surface area contributed by atoms with Gasteiger partial charge in [0.25, 0.3) is 0 Å². The van der Waals surface area contributed by atoms with Crippen LogP contribution in [0.1, 0.15) is 27.6 Å². The number of halogens is 2. The molecule has 0 aliphatic carbocycles. The van der Waals surface area contributed by atoms with E-state index in [1.165, 1.54) is 38.3 Å². The van der Waals surface area contributed by atoms with E-state index in [4.69, 9.17) is 0 Å². The number of hydrogen-bond donors (Lipinski definition) is 0. The van der Waals surface area contributed by atoms with Gasteiger partial charge in [0.1, 0.15) is 11.0 Å². The minimum atomic E-state index is -1.22. The molecule has 0 aliphatic rings. The molecule has 1 aromatic carbocycles. The molecule has 0 heterocycles. The largest absolute Gasteiger partial charge is 0.465 e. The van der Waals surface area contributed by atoms with E-state index < -0.39 is 17.0 Å². The van der Waals surface area contributed by atoms with Gasteiger partial charge < -0.3 is 4.74 Å². The van der Waals surface area contributed by atoms with Crippen molar-refractivity contribution < 1.29 is 18.7 Å². The number of esters is 1. The zero-order chi connectivity index (χ0) is 13.1. The fraction of sp³-hybridized carbons (Fsp3) is 0.333. The summed E-state index contributed by atoms with van der Waals surface area (Å²) in [4.78, 5) is 23.0. The molecule has 92 valence electrons. The third kappa shape index (κ3) is 3.12. The van der Waals surface area contributed by atoms with Gasteiger partial charge in [-0.05, 0) is 19.1 Å². The molecule has 5 heteroatoms. The van der Waals surface area contributed by atoms with Gasteiger partial charge >= 0.3 is 5.97 Å². The van der Waals surface area contributed by atoms with Gasteiger partial charge in [-0.2, -0.15) is 0 Å². The first kappa shape index (κ1) is 13.8. The second-order valence-corrected chi connectivity index (χ2v) is 5.48. The SMILES string of the molecule is COC(=O)c1ccc(C(=O)C(C)(Br)CF)cc1. The molecule has 1 aromatic rings. The fourth-order valence-electron chi connectivity index (χ4n) is 1.24. The van der Waals surface area contributed by atoms with Gasteiger partial charge in [0.2, 0.25) is 0 Å². The number of ether oxygens (including phenoxy) is 1. The summed E-state index contributed by atoms with van der Waals surface area (Å²) in [5.41, 5.74) is 0.690. The van der Waals surface area contributed by atoms with E-state index in [1.54, 1.807) is 0 Å². The van der Waals surface area contributed by atoms with Crippen molar-refractivity contribution in [3.63, 3.8) is 0 Å². The second-order valence-electron chi connectivity index (χ2n) is 3.73. The summed E-state index contributed by atoms with van der Waals surface area (Å²) in [6.45, 7) is 0.661. The average molecular weight is 303 g/mol. The van der Waals surface area contributed by atoms with Crippen molar-refractivity contribution in [2.45, 2.75) is 11.2 Å². The van der Waals surface area contributed by atoms with E-state index >= 15 is 0 Å². The van der Waals surface area contributed by atoms with Crippen molar-refractivity contribution in [2.75, 3.05) is 13.8 Å². The van der Waals surface area contributed by atoms with Crippen LogP contribution in [0.3, 0.4) is 0 Å². The van der Waals surface area contributed by atoms with Crippen molar-refractivity contribution in [1.82, 2.24) is 0 Å². The highest BCUT2D eigenvalue weighted by Gasteiger charge is 2.30. The van der Waals surface area contributed by atoms with E-state index in [1.807, 2.05) is 0 Å². The van der Waals surface area contributed by atoms with E-state index in [9.17, 15) is 14.0 Å². The molecule has 0 aromatic heterocycles. The maximum Gasteiger partial charge on any atom is 0.337 e. The Morgan fingerprint density at radius 1 is 1.29 bits per heavy atom. The average Bonchev–Trinajstić information content (AvgIpc) is 2.37. The molecule has 0 saturated carbocycles. The smallest absolute Gasteiger partial charge is 0.337 e. The molecule has 0 radical (unpaired) electrons. The maximum atomic E-state index is 12.6. The number of hydrogen-bond acceptors (Lipinski definition) is 3. The van der Waals surface area contributed by atoms with Crippen LogP contribution in [0.2, 0.25) is 0 Å². The monoisotopic (exact) mass is 302 g/mol. The molecule has 0 fully saturated rings. The molecular weight excluding hydrogens is 291 g/mol. The number of benzene rings is 1. The first-order chi connectivity index (χ1) is 7.92. The molecule has 1 unspecified atom stereocenters. The summed E-state index contributed by atoms with van der Waals surface area (Å²) in [5.74, 6) is -0.840. The molecule has 0 spiro atoms. The van der Waals surface area contributed by atoms with E-state index in [2.05, 4.69) is 20.7 Å². The predicted molar refractivity (Wildman–Crippen MR) is 65.4 cm³/mol. The summed E-state index contributed by atoms with van der Waals surface area (Å²) < 4.78 is 15.9. The predicted octanol–water partition coefficient (Wildman–Crippen LogP) is 2.78. The van der Waals surface area contributed by atoms with E-state index in [0.29, 0.717) is 11.1 Å². The molecule has 1 rings (SSSR count). The number of alkyl halides is 2. The molecule has 3 nitrogen and oxygen atoms in total. The fourth-order valence-corrected chi connectivity index (χ4v) is 1.47. The first-order valence-electron chi connectivity index (χ1n) is 4.90. The molecule has 0 N–H and O–H groups in total. The van der Waals surface area contributed by atoms with Gasteiger partial charge in [-0.1, -0.05) is 28.1 Å². The number of methoxy groups -OCH3 is 1. The van der Waals surface area contributed by atoms with Gasteiger partial charge in [-0.25, -0.2) is 9.18 Å². The van der Waals surface area contributed by atoms with Crippen molar-refractivity contribution in [1.29, 1.82) is 0 Å². The Hall–Kier alpha value is -1.23. The van der Waals surface area contributed by atoms with Gasteiger partial charge in [-0.15, -0.1) is 0 Å². The Morgan fingerprint density at radius 3 is 2.18 bits per heavy atom. The van der Waals surface area contributed by atoms with Crippen molar-refractivity contribution in [3.8, 4) is 0 Å². The number of carbonyl (C=O) groups is 2. The Morgan fingerprint density at radius 2 is 1.76 bits per heavy atom. The minimum Gasteiger partial charge on any atom is -0.465 e. The van der Waals surface area contributed by atoms with Crippen LogP contribution in [0.15, 0.2) is 24.3 Å². The Balaban J connectivity index is 2.96. The summed E-state index contributed by atoms with van der Waals surface area (Å²) in [6.07, 6.45) is 0. The molecular formula is C12H12BrFO3. The normalized spacial score (nSPS) is 13.9. The van der Waals surface area contributed by atoms with Crippen LogP contribution in [-0.4, -0.2) is 29.9 Å². The lowest BCUT2D eigenvalue weighted by molar-refractivity contribution is 0.0600. The highest BCUT2D eigenvalue weighted by Crippen LogP contribution is 2.23. The first-order valence-corrected chi connectivity index (χ1v) is 5.69. The Labute approximate surface area is 107 Å². The zero-order valence-corrected chi connectivity index (χ0v) is 11.1. The quantitative estimate of drug-likeness (QED) is 0.488. The van der Waals surface area contributed by atoms with Crippen LogP contribution in [0.5, 0.6) is 0 Å². The van der Waals surface area contributed by atoms with E-state index in [-0.39, 0.29) is 5.78 Å².